The molecule has 2 N–H and O–H groups in total. The lowest BCUT2D eigenvalue weighted by Gasteiger charge is -2.18. The van der Waals surface area contributed by atoms with Crippen LogP contribution in [-0.4, -0.2) is 36.6 Å². The maximum atomic E-state index is 12.3. The molecule has 5 nitrogen and oxygen atoms in total. The van der Waals surface area contributed by atoms with Gasteiger partial charge in [-0.05, 0) is 37.0 Å². The van der Waals surface area contributed by atoms with Gasteiger partial charge in [-0.3, -0.25) is 9.59 Å². The number of carbonyl (C=O) groups excluding carboxylic acids is 2. The molecule has 1 unspecified atom stereocenters. The maximum absolute atomic E-state index is 12.3. The van der Waals surface area contributed by atoms with E-state index in [1.54, 1.807) is 4.90 Å². The van der Waals surface area contributed by atoms with E-state index in [0.29, 0.717) is 13.1 Å². The van der Waals surface area contributed by atoms with Crippen LogP contribution in [0.2, 0.25) is 0 Å². The number of rotatable bonds is 6. The van der Waals surface area contributed by atoms with Gasteiger partial charge in [0.1, 0.15) is 0 Å². The van der Waals surface area contributed by atoms with Crippen molar-refractivity contribution in [3.63, 3.8) is 0 Å². The maximum Gasteiger partial charge on any atom is 0.227 e. The molecule has 3 rings (SSSR count). The number of amides is 2. The third-order valence-corrected chi connectivity index (χ3v) is 5.08. The van der Waals surface area contributed by atoms with Gasteiger partial charge in [-0.15, -0.1) is 0 Å². The summed E-state index contributed by atoms with van der Waals surface area (Å²) in [7, 11) is 0. The molecular formula is C18H24N2O3. The normalized spacial score (nSPS) is 22.3. The summed E-state index contributed by atoms with van der Waals surface area (Å²) < 4.78 is 0. The zero-order valence-electron chi connectivity index (χ0n) is 13.5. The second kappa shape index (κ2) is 6.32. The largest absolute Gasteiger partial charge is 0.396 e. The van der Waals surface area contributed by atoms with Gasteiger partial charge in [0.05, 0.1) is 12.5 Å². The number of hydrogen-bond donors (Lipinski definition) is 2. The molecule has 1 aromatic carbocycles. The van der Waals surface area contributed by atoms with E-state index in [0.717, 1.165) is 24.9 Å². The van der Waals surface area contributed by atoms with Gasteiger partial charge >= 0.3 is 0 Å². The number of anilines is 1. The molecule has 1 aliphatic carbocycles. The average Bonchev–Trinajstić information content (AvgIpc) is 3.27. The van der Waals surface area contributed by atoms with Gasteiger partial charge < -0.3 is 15.3 Å². The third kappa shape index (κ3) is 3.39. The van der Waals surface area contributed by atoms with Crippen LogP contribution in [-0.2, 0) is 16.0 Å². The number of aliphatic hydroxyl groups is 1. The highest BCUT2D eigenvalue weighted by molar-refractivity contribution is 6.00. The third-order valence-electron chi connectivity index (χ3n) is 5.08. The van der Waals surface area contributed by atoms with Gasteiger partial charge in [0.25, 0.3) is 0 Å². The van der Waals surface area contributed by atoms with Crippen LogP contribution in [0.1, 0.15) is 31.7 Å². The first-order valence-electron chi connectivity index (χ1n) is 8.35. The molecule has 0 spiro atoms. The van der Waals surface area contributed by atoms with E-state index in [4.69, 9.17) is 0 Å². The van der Waals surface area contributed by atoms with Crippen LogP contribution in [0.4, 0.5) is 5.69 Å². The summed E-state index contributed by atoms with van der Waals surface area (Å²) in [6.45, 7) is 3.16. The van der Waals surface area contributed by atoms with Crippen molar-refractivity contribution in [1.82, 2.24) is 5.32 Å². The number of benzene rings is 1. The van der Waals surface area contributed by atoms with Crippen molar-refractivity contribution < 1.29 is 14.7 Å². The fourth-order valence-electron chi connectivity index (χ4n) is 3.03. The van der Waals surface area contributed by atoms with Gasteiger partial charge in [-0.1, -0.05) is 19.1 Å². The Kier molecular flexibility index (Phi) is 4.39. The van der Waals surface area contributed by atoms with Gasteiger partial charge in [-0.2, -0.15) is 0 Å². The Balaban J connectivity index is 1.58. The Morgan fingerprint density at radius 3 is 2.61 bits per heavy atom. The minimum Gasteiger partial charge on any atom is -0.396 e. The van der Waals surface area contributed by atoms with E-state index >= 15 is 0 Å². The van der Waals surface area contributed by atoms with Crippen LogP contribution < -0.4 is 10.2 Å². The van der Waals surface area contributed by atoms with Crippen molar-refractivity contribution in [2.75, 3.05) is 24.6 Å². The van der Waals surface area contributed by atoms with Gasteiger partial charge in [0, 0.05) is 30.6 Å². The number of hydrogen-bond acceptors (Lipinski definition) is 3. The molecule has 0 aromatic heterocycles. The molecular weight excluding hydrogens is 292 g/mol. The number of aliphatic hydroxyl groups excluding tert-OH is 1. The van der Waals surface area contributed by atoms with Crippen molar-refractivity contribution >= 4 is 17.5 Å². The Morgan fingerprint density at radius 1 is 1.35 bits per heavy atom. The van der Waals surface area contributed by atoms with Crippen LogP contribution in [0.25, 0.3) is 0 Å². The van der Waals surface area contributed by atoms with Crippen LogP contribution in [0.5, 0.6) is 0 Å². The molecule has 1 heterocycles. The SMILES string of the molecule is CCc1ccc(N2CC(C(=O)NCC3(CO)CC3)CC2=O)cc1. The lowest BCUT2D eigenvalue weighted by Crippen LogP contribution is -2.37. The monoisotopic (exact) mass is 316 g/mol. The summed E-state index contributed by atoms with van der Waals surface area (Å²) in [5.74, 6) is -0.383. The minimum atomic E-state index is -0.303. The highest BCUT2D eigenvalue weighted by Crippen LogP contribution is 2.44. The Hall–Kier alpha value is -1.88. The molecule has 1 aliphatic heterocycles. The highest BCUT2D eigenvalue weighted by atomic mass is 16.3. The van der Waals surface area contributed by atoms with E-state index in [2.05, 4.69) is 12.2 Å². The Bertz CT molecular complexity index is 593. The molecule has 5 heteroatoms. The average molecular weight is 316 g/mol. The molecule has 1 saturated carbocycles. The van der Waals surface area contributed by atoms with E-state index in [1.807, 2.05) is 24.3 Å². The first kappa shape index (κ1) is 16.0. The second-order valence-electron chi connectivity index (χ2n) is 6.80. The number of aryl methyl sites for hydroxylation is 1. The molecule has 1 atom stereocenters. The molecule has 0 bridgehead atoms. The molecule has 0 radical (unpaired) electrons. The zero-order valence-corrected chi connectivity index (χ0v) is 13.5. The number of carbonyl (C=O) groups is 2. The Labute approximate surface area is 136 Å². The number of nitrogens with zero attached hydrogens (tertiary/aromatic N) is 1. The molecule has 1 saturated heterocycles. The fourth-order valence-corrected chi connectivity index (χ4v) is 3.03. The lowest BCUT2D eigenvalue weighted by atomic mass is 10.1. The van der Waals surface area contributed by atoms with Crippen LogP contribution in [0.15, 0.2) is 24.3 Å². The molecule has 2 aliphatic rings. The van der Waals surface area contributed by atoms with Crippen LogP contribution in [0.3, 0.4) is 0 Å². The summed E-state index contributed by atoms with van der Waals surface area (Å²) in [5, 5.41) is 12.2. The highest BCUT2D eigenvalue weighted by Gasteiger charge is 2.43. The van der Waals surface area contributed by atoms with E-state index in [-0.39, 0.29) is 36.2 Å². The standard InChI is InChI=1S/C18H24N2O3/c1-2-13-3-5-15(6-4-13)20-10-14(9-16(20)22)17(23)19-11-18(12-21)7-8-18/h3-6,14,21H,2,7-12H2,1H3,(H,19,23). The van der Waals surface area contributed by atoms with Gasteiger partial charge in [0.15, 0.2) is 0 Å². The molecule has 23 heavy (non-hydrogen) atoms. The van der Waals surface area contributed by atoms with Crippen molar-refractivity contribution in [3.05, 3.63) is 29.8 Å². The number of nitrogens with one attached hydrogen (secondary N) is 1. The smallest absolute Gasteiger partial charge is 0.227 e. The molecule has 1 aromatic rings. The predicted octanol–water partition coefficient (Wildman–Crippen LogP) is 1.49. The second-order valence-corrected chi connectivity index (χ2v) is 6.80. The van der Waals surface area contributed by atoms with E-state index < -0.39 is 0 Å². The van der Waals surface area contributed by atoms with E-state index in [1.165, 1.54) is 5.56 Å². The first-order chi connectivity index (χ1) is 11.1. The van der Waals surface area contributed by atoms with E-state index in [9.17, 15) is 14.7 Å². The zero-order chi connectivity index (χ0) is 16.4. The van der Waals surface area contributed by atoms with Gasteiger partial charge in [-0.25, -0.2) is 0 Å². The van der Waals surface area contributed by atoms with Crippen LogP contribution >= 0.6 is 0 Å². The van der Waals surface area contributed by atoms with Crippen molar-refractivity contribution in [3.8, 4) is 0 Å². The fraction of sp³-hybridized carbons (Fsp3) is 0.556. The lowest BCUT2D eigenvalue weighted by molar-refractivity contribution is -0.126. The topological polar surface area (TPSA) is 69.6 Å². The van der Waals surface area contributed by atoms with Crippen molar-refractivity contribution in [1.29, 1.82) is 0 Å². The molecule has 2 fully saturated rings. The minimum absolute atomic E-state index is 0.00214. The summed E-state index contributed by atoms with van der Waals surface area (Å²) in [6, 6.07) is 7.94. The summed E-state index contributed by atoms with van der Waals surface area (Å²) in [5.41, 5.74) is 1.98. The van der Waals surface area contributed by atoms with Crippen molar-refractivity contribution in [2.24, 2.45) is 11.3 Å². The molecule has 124 valence electrons. The predicted molar refractivity (Wildman–Crippen MR) is 88.0 cm³/mol. The summed E-state index contributed by atoms with van der Waals surface area (Å²) in [4.78, 5) is 26.2. The van der Waals surface area contributed by atoms with Crippen molar-refractivity contribution in [2.45, 2.75) is 32.6 Å². The first-order valence-corrected chi connectivity index (χ1v) is 8.35. The summed E-state index contributed by atoms with van der Waals surface area (Å²) in [6.07, 6.45) is 3.14. The quantitative estimate of drug-likeness (QED) is 0.835. The Morgan fingerprint density at radius 2 is 2.04 bits per heavy atom. The summed E-state index contributed by atoms with van der Waals surface area (Å²) >= 11 is 0. The van der Waals surface area contributed by atoms with Crippen LogP contribution in [0, 0.1) is 11.3 Å². The molecule has 2 amide bonds. The van der Waals surface area contributed by atoms with Gasteiger partial charge in [0.2, 0.25) is 11.8 Å².